The SMILES string of the molecule is C[C@@H](OC(=O)c1ccc(Oc2ccccc2)cc1)C(=O)NC(N)=O. The first-order chi connectivity index (χ1) is 11.5. The van der Waals surface area contributed by atoms with Crippen LogP contribution in [-0.4, -0.2) is 24.0 Å². The van der Waals surface area contributed by atoms with Crippen LogP contribution in [0.25, 0.3) is 0 Å². The second kappa shape index (κ2) is 7.77. The van der Waals surface area contributed by atoms with E-state index < -0.39 is 24.0 Å². The number of hydrogen-bond acceptors (Lipinski definition) is 5. The summed E-state index contributed by atoms with van der Waals surface area (Å²) in [5.41, 5.74) is 5.07. The molecule has 2 rings (SSSR count). The Labute approximate surface area is 138 Å². The minimum atomic E-state index is -1.15. The maximum absolute atomic E-state index is 12.0. The lowest BCUT2D eigenvalue weighted by molar-refractivity contribution is -0.127. The number of hydrogen-bond donors (Lipinski definition) is 2. The van der Waals surface area contributed by atoms with E-state index in [4.69, 9.17) is 15.2 Å². The molecule has 2 aromatic carbocycles. The van der Waals surface area contributed by atoms with E-state index >= 15 is 0 Å². The van der Waals surface area contributed by atoms with Crippen LogP contribution in [0.4, 0.5) is 4.79 Å². The highest BCUT2D eigenvalue weighted by atomic mass is 16.5. The first-order valence-electron chi connectivity index (χ1n) is 7.10. The van der Waals surface area contributed by atoms with Crippen molar-refractivity contribution in [1.29, 1.82) is 0 Å². The molecule has 0 spiro atoms. The molecule has 0 radical (unpaired) electrons. The number of ether oxygens (including phenoxy) is 2. The lowest BCUT2D eigenvalue weighted by atomic mass is 10.2. The molecule has 0 aliphatic rings. The lowest BCUT2D eigenvalue weighted by Crippen LogP contribution is -2.42. The topological polar surface area (TPSA) is 108 Å². The van der Waals surface area contributed by atoms with Gasteiger partial charge in [0, 0.05) is 0 Å². The highest BCUT2D eigenvalue weighted by molar-refractivity contribution is 5.98. The number of imide groups is 1. The van der Waals surface area contributed by atoms with E-state index in [1.165, 1.54) is 19.1 Å². The van der Waals surface area contributed by atoms with E-state index in [1.807, 2.05) is 23.5 Å². The molecule has 0 bridgehead atoms. The summed E-state index contributed by atoms with van der Waals surface area (Å²) >= 11 is 0. The Hall–Kier alpha value is -3.35. The minimum Gasteiger partial charge on any atom is -0.457 e. The average Bonchev–Trinajstić information content (AvgIpc) is 2.55. The molecule has 0 aliphatic heterocycles. The van der Waals surface area contributed by atoms with Crippen molar-refractivity contribution in [3.05, 3.63) is 60.2 Å². The van der Waals surface area contributed by atoms with E-state index in [2.05, 4.69) is 0 Å². The van der Waals surface area contributed by atoms with Gasteiger partial charge in [0.25, 0.3) is 5.91 Å². The molecule has 7 nitrogen and oxygen atoms in total. The third-order valence-corrected chi connectivity index (χ3v) is 2.97. The van der Waals surface area contributed by atoms with Gasteiger partial charge in [0.2, 0.25) is 0 Å². The van der Waals surface area contributed by atoms with Gasteiger partial charge in [-0.05, 0) is 43.3 Å². The minimum absolute atomic E-state index is 0.245. The second-order valence-corrected chi connectivity index (χ2v) is 4.84. The average molecular weight is 328 g/mol. The van der Waals surface area contributed by atoms with Crippen LogP contribution < -0.4 is 15.8 Å². The van der Waals surface area contributed by atoms with Gasteiger partial charge in [-0.1, -0.05) is 18.2 Å². The number of benzene rings is 2. The van der Waals surface area contributed by atoms with Crippen molar-refractivity contribution in [3.8, 4) is 11.5 Å². The maximum atomic E-state index is 12.0. The van der Waals surface area contributed by atoms with E-state index in [0.717, 1.165) is 0 Å². The van der Waals surface area contributed by atoms with E-state index in [-0.39, 0.29) is 5.56 Å². The van der Waals surface area contributed by atoms with Gasteiger partial charge >= 0.3 is 12.0 Å². The van der Waals surface area contributed by atoms with E-state index in [1.54, 1.807) is 24.3 Å². The molecule has 2 aromatic rings. The number of carbonyl (C=O) groups excluding carboxylic acids is 3. The van der Waals surface area contributed by atoms with Crippen LogP contribution in [0.1, 0.15) is 17.3 Å². The summed E-state index contributed by atoms with van der Waals surface area (Å²) in [5, 5.41) is 1.84. The van der Waals surface area contributed by atoms with Crippen molar-refractivity contribution in [2.24, 2.45) is 5.73 Å². The molecule has 0 aliphatic carbocycles. The summed E-state index contributed by atoms with van der Waals surface area (Å²) in [6.07, 6.45) is -1.15. The van der Waals surface area contributed by atoms with Gasteiger partial charge in [0.05, 0.1) is 5.56 Å². The number of nitrogens with one attached hydrogen (secondary N) is 1. The van der Waals surface area contributed by atoms with Gasteiger partial charge in [-0.2, -0.15) is 0 Å². The van der Waals surface area contributed by atoms with Crippen LogP contribution in [0.15, 0.2) is 54.6 Å². The Morgan fingerprint density at radius 2 is 1.54 bits per heavy atom. The fourth-order valence-electron chi connectivity index (χ4n) is 1.79. The van der Waals surface area contributed by atoms with Crippen molar-refractivity contribution >= 4 is 17.9 Å². The predicted octanol–water partition coefficient (Wildman–Crippen LogP) is 2.22. The van der Waals surface area contributed by atoms with Crippen LogP contribution in [-0.2, 0) is 9.53 Å². The van der Waals surface area contributed by atoms with Gasteiger partial charge in [-0.3, -0.25) is 10.1 Å². The number of carbonyl (C=O) groups is 3. The molecule has 0 saturated carbocycles. The Morgan fingerprint density at radius 1 is 0.958 bits per heavy atom. The fourth-order valence-corrected chi connectivity index (χ4v) is 1.79. The van der Waals surface area contributed by atoms with Crippen molar-refractivity contribution in [1.82, 2.24) is 5.32 Å². The van der Waals surface area contributed by atoms with E-state index in [0.29, 0.717) is 11.5 Å². The molecular formula is C17H16N2O5. The molecule has 3 amide bonds. The van der Waals surface area contributed by atoms with Gasteiger partial charge in [0.15, 0.2) is 6.10 Å². The quantitative estimate of drug-likeness (QED) is 0.818. The van der Waals surface area contributed by atoms with Crippen LogP contribution in [0.2, 0.25) is 0 Å². The lowest BCUT2D eigenvalue weighted by Gasteiger charge is -2.12. The normalized spacial score (nSPS) is 11.2. The summed E-state index contributed by atoms with van der Waals surface area (Å²) in [7, 11) is 0. The molecule has 24 heavy (non-hydrogen) atoms. The maximum Gasteiger partial charge on any atom is 0.338 e. The smallest absolute Gasteiger partial charge is 0.338 e. The first kappa shape index (κ1) is 17.0. The van der Waals surface area contributed by atoms with Gasteiger partial charge in [0.1, 0.15) is 11.5 Å². The molecule has 0 heterocycles. The Balaban J connectivity index is 1.96. The summed E-state index contributed by atoms with van der Waals surface area (Å²) in [4.78, 5) is 34.0. The summed E-state index contributed by atoms with van der Waals surface area (Å²) < 4.78 is 10.6. The zero-order chi connectivity index (χ0) is 17.5. The van der Waals surface area contributed by atoms with E-state index in [9.17, 15) is 14.4 Å². The Kier molecular flexibility index (Phi) is 5.51. The zero-order valence-corrected chi connectivity index (χ0v) is 12.9. The van der Waals surface area contributed by atoms with Crippen LogP contribution in [0.3, 0.4) is 0 Å². The summed E-state index contributed by atoms with van der Waals surface area (Å²) in [5.74, 6) is -0.268. The van der Waals surface area contributed by atoms with Crippen LogP contribution >= 0.6 is 0 Å². The Bertz CT molecular complexity index is 728. The number of primary amides is 1. The van der Waals surface area contributed by atoms with Crippen LogP contribution in [0.5, 0.6) is 11.5 Å². The standard InChI is InChI=1S/C17H16N2O5/c1-11(15(20)19-17(18)22)23-16(21)12-7-9-14(10-8-12)24-13-5-3-2-4-6-13/h2-11H,1H3,(H3,18,19,20,22)/t11-/m1/s1. The second-order valence-electron chi connectivity index (χ2n) is 4.84. The number of rotatable bonds is 5. The predicted molar refractivity (Wildman–Crippen MR) is 85.6 cm³/mol. The van der Waals surface area contributed by atoms with Crippen molar-refractivity contribution in [2.45, 2.75) is 13.0 Å². The zero-order valence-electron chi connectivity index (χ0n) is 12.9. The van der Waals surface area contributed by atoms with Crippen LogP contribution in [0, 0.1) is 0 Å². The molecule has 0 saturated heterocycles. The van der Waals surface area contributed by atoms with Gasteiger partial charge in [-0.15, -0.1) is 0 Å². The third kappa shape index (κ3) is 4.84. The number of esters is 1. The highest BCUT2D eigenvalue weighted by Crippen LogP contribution is 2.21. The first-order valence-corrected chi connectivity index (χ1v) is 7.10. The monoisotopic (exact) mass is 328 g/mol. The molecule has 3 N–H and O–H groups in total. The third-order valence-electron chi connectivity index (χ3n) is 2.97. The largest absolute Gasteiger partial charge is 0.457 e. The summed E-state index contributed by atoms with van der Waals surface area (Å²) in [6.45, 7) is 1.34. The number of para-hydroxylation sites is 1. The molecule has 124 valence electrons. The molecule has 0 unspecified atom stereocenters. The molecule has 0 fully saturated rings. The Morgan fingerprint density at radius 3 is 2.12 bits per heavy atom. The van der Waals surface area contributed by atoms with Crippen molar-refractivity contribution in [3.63, 3.8) is 0 Å². The number of amides is 3. The molecule has 0 aromatic heterocycles. The molecular weight excluding hydrogens is 312 g/mol. The summed E-state index contributed by atoms with van der Waals surface area (Å²) in [6, 6.07) is 14.4. The van der Waals surface area contributed by atoms with Gasteiger partial charge in [-0.25, -0.2) is 9.59 Å². The molecule has 1 atom stereocenters. The fraction of sp³-hybridized carbons (Fsp3) is 0.118. The van der Waals surface area contributed by atoms with Gasteiger partial charge < -0.3 is 15.2 Å². The number of nitrogens with two attached hydrogens (primary N) is 1. The highest BCUT2D eigenvalue weighted by Gasteiger charge is 2.19. The van der Waals surface area contributed by atoms with Crippen molar-refractivity contribution < 1.29 is 23.9 Å². The number of urea groups is 1. The molecule has 7 heteroatoms. The van der Waals surface area contributed by atoms with Crippen molar-refractivity contribution in [2.75, 3.05) is 0 Å².